The van der Waals surface area contributed by atoms with Crippen molar-refractivity contribution in [3.8, 4) is 0 Å². The van der Waals surface area contributed by atoms with Crippen molar-refractivity contribution < 1.29 is 4.39 Å². The van der Waals surface area contributed by atoms with Crippen molar-refractivity contribution in [3.63, 3.8) is 0 Å². The second kappa shape index (κ2) is 5.29. The van der Waals surface area contributed by atoms with E-state index in [1.807, 2.05) is 25.6 Å². The molecule has 0 atom stereocenters. The first-order valence-corrected chi connectivity index (χ1v) is 7.04. The minimum absolute atomic E-state index is 0.334. The van der Waals surface area contributed by atoms with Crippen LogP contribution in [-0.2, 0) is 13.6 Å². The Hall–Kier alpha value is -2.63. The van der Waals surface area contributed by atoms with Crippen molar-refractivity contribution in [2.45, 2.75) is 20.4 Å². The van der Waals surface area contributed by atoms with Crippen LogP contribution in [0.1, 0.15) is 17.0 Å². The number of hydrogen-bond acceptors (Lipinski definition) is 4. The highest BCUT2D eigenvalue weighted by molar-refractivity contribution is 5.99. The molecule has 0 saturated carbocycles. The van der Waals surface area contributed by atoms with Gasteiger partial charge in [0.2, 0.25) is 0 Å². The Labute approximate surface area is 128 Å². The van der Waals surface area contributed by atoms with Crippen molar-refractivity contribution >= 4 is 22.3 Å². The quantitative estimate of drug-likeness (QED) is 0.730. The molecule has 114 valence electrons. The number of nitrogen functional groups attached to an aromatic ring is 1. The van der Waals surface area contributed by atoms with Crippen LogP contribution in [0.3, 0.4) is 0 Å². The van der Waals surface area contributed by atoms with E-state index < -0.39 is 0 Å². The van der Waals surface area contributed by atoms with Gasteiger partial charge in [-0.1, -0.05) is 0 Å². The van der Waals surface area contributed by atoms with Crippen LogP contribution in [0.15, 0.2) is 24.4 Å². The summed E-state index contributed by atoms with van der Waals surface area (Å²) >= 11 is 0. The molecule has 0 spiro atoms. The Morgan fingerprint density at radius 3 is 2.73 bits per heavy atom. The lowest BCUT2D eigenvalue weighted by atomic mass is 10.1. The molecule has 3 aromatic rings. The predicted molar refractivity (Wildman–Crippen MR) is 86.1 cm³/mol. The molecule has 6 heteroatoms. The van der Waals surface area contributed by atoms with E-state index in [1.54, 1.807) is 18.3 Å². The molecule has 2 heterocycles. The van der Waals surface area contributed by atoms with Gasteiger partial charge in [0.1, 0.15) is 11.6 Å². The maximum Gasteiger partial charge on any atom is 0.137 e. The van der Waals surface area contributed by atoms with Crippen LogP contribution in [-0.4, -0.2) is 14.8 Å². The molecule has 0 fully saturated rings. The SMILES string of the molecule is Cc1nn(C)c(C)c1CNc1nccc2c(N)ccc(F)c12. The van der Waals surface area contributed by atoms with E-state index in [0.29, 0.717) is 28.8 Å². The fourth-order valence-corrected chi connectivity index (χ4v) is 2.66. The van der Waals surface area contributed by atoms with Crippen LogP contribution in [0.2, 0.25) is 0 Å². The van der Waals surface area contributed by atoms with Gasteiger partial charge in [-0.15, -0.1) is 0 Å². The van der Waals surface area contributed by atoms with Crippen LogP contribution < -0.4 is 11.1 Å². The third-order valence-electron chi connectivity index (χ3n) is 4.00. The van der Waals surface area contributed by atoms with Crippen molar-refractivity contribution in [1.82, 2.24) is 14.8 Å². The molecule has 3 N–H and O–H groups in total. The summed E-state index contributed by atoms with van der Waals surface area (Å²) < 4.78 is 16.0. The average Bonchev–Trinajstić information content (AvgIpc) is 2.74. The van der Waals surface area contributed by atoms with Gasteiger partial charge in [-0.05, 0) is 32.0 Å². The molecule has 0 saturated heterocycles. The van der Waals surface area contributed by atoms with Gasteiger partial charge in [0, 0.05) is 42.1 Å². The van der Waals surface area contributed by atoms with Crippen molar-refractivity contribution in [1.29, 1.82) is 0 Å². The summed E-state index contributed by atoms with van der Waals surface area (Å²) in [5.41, 5.74) is 9.57. The number of nitrogens with one attached hydrogen (secondary N) is 1. The van der Waals surface area contributed by atoms with Gasteiger partial charge in [0.25, 0.3) is 0 Å². The summed E-state index contributed by atoms with van der Waals surface area (Å²) in [5.74, 6) is 0.157. The zero-order valence-corrected chi connectivity index (χ0v) is 12.8. The number of aryl methyl sites for hydroxylation is 2. The first-order chi connectivity index (χ1) is 10.5. The lowest BCUT2D eigenvalue weighted by Gasteiger charge is -2.11. The molecule has 1 aromatic carbocycles. The number of nitrogens with two attached hydrogens (primary N) is 1. The molecule has 2 aromatic heterocycles. The molecule has 22 heavy (non-hydrogen) atoms. The molecule has 0 unspecified atom stereocenters. The number of aromatic nitrogens is 3. The monoisotopic (exact) mass is 299 g/mol. The Kier molecular flexibility index (Phi) is 3.44. The van der Waals surface area contributed by atoms with E-state index in [1.165, 1.54) is 6.07 Å². The van der Waals surface area contributed by atoms with Gasteiger partial charge in [-0.2, -0.15) is 5.10 Å². The Balaban J connectivity index is 2.00. The minimum Gasteiger partial charge on any atom is -0.398 e. The van der Waals surface area contributed by atoms with E-state index in [4.69, 9.17) is 5.73 Å². The maximum atomic E-state index is 14.2. The van der Waals surface area contributed by atoms with Crippen LogP contribution in [0.25, 0.3) is 10.8 Å². The number of anilines is 2. The van der Waals surface area contributed by atoms with Gasteiger partial charge >= 0.3 is 0 Å². The third kappa shape index (κ3) is 2.26. The maximum absolute atomic E-state index is 14.2. The Morgan fingerprint density at radius 1 is 1.27 bits per heavy atom. The van der Waals surface area contributed by atoms with E-state index in [-0.39, 0.29) is 5.82 Å². The molecular formula is C16H18FN5. The average molecular weight is 299 g/mol. The molecule has 0 amide bonds. The van der Waals surface area contributed by atoms with Crippen LogP contribution in [0, 0.1) is 19.7 Å². The van der Waals surface area contributed by atoms with E-state index in [2.05, 4.69) is 15.4 Å². The minimum atomic E-state index is -0.334. The first kappa shape index (κ1) is 14.3. The topological polar surface area (TPSA) is 68.8 Å². The number of rotatable bonds is 3. The smallest absolute Gasteiger partial charge is 0.137 e. The molecular weight excluding hydrogens is 281 g/mol. The first-order valence-electron chi connectivity index (χ1n) is 7.04. The van der Waals surface area contributed by atoms with Gasteiger partial charge in [-0.25, -0.2) is 9.37 Å². The molecule has 0 aliphatic carbocycles. The number of hydrogen-bond donors (Lipinski definition) is 2. The largest absolute Gasteiger partial charge is 0.398 e. The molecule has 3 rings (SSSR count). The van der Waals surface area contributed by atoms with Gasteiger partial charge in [0.05, 0.1) is 11.1 Å². The lowest BCUT2D eigenvalue weighted by Crippen LogP contribution is -2.05. The third-order valence-corrected chi connectivity index (χ3v) is 4.00. The Morgan fingerprint density at radius 2 is 2.05 bits per heavy atom. The van der Waals surface area contributed by atoms with Crippen LogP contribution in [0.5, 0.6) is 0 Å². The highest BCUT2D eigenvalue weighted by Crippen LogP contribution is 2.29. The highest BCUT2D eigenvalue weighted by Gasteiger charge is 2.13. The number of pyridine rings is 1. The summed E-state index contributed by atoms with van der Waals surface area (Å²) in [6.07, 6.45) is 1.63. The summed E-state index contributed by atoms with van der Waals surface area (Å²) in [7, 11) is 1.91. The molecule has 0 aliphatic rings. The summed E-state index contributed by atoms with van der Waals surface area (Å²) in [5, 5.41) is 8.67. The van der Waals surface area contributed by atoms with Gasteiger partial charge in [-0.3, -0.25) is 4.68 Å². The number of halogens is 1. The predicted octanol–water partition coefficient (Wildman–Crippen LogP) is 2.92. The zero-order valence-electron chi connectivity index (χ0n) is 12.8. The normalized spacial score (nSPS) is 11.1. The van der Waals surface area contributed by atoms with Crippen molar-refractivity contribution in [2.75, 3.05) is 11.1 Å². The summed E-state index contributed by atoms with van der Waals surface area (Å²) in [6, 6.07) is 4.65. The van der Waals surface area contributed by atoms with E-state index in [9.17, 15) is 4.39 Å². The fourth-order valence-electron chi connectivity index (χ4n) is 2.66. The van der Waals surface area contributed by atoms with Crippen LogP contribution >= 0.6 is 0 Å². The van der Waals surface area contributed by atoms with Crippen molar-refractivity contribution in [3.05, 3.63) is 47.2 Å². The Bertz CT molecular complexity index is 853. The van der Waals surface area contributed by atoms with Gasteiger partial charge in [0.15, 0.2) is 0 Å². The summed E-state index contributed by atoms with van der Waals surface area (Å²) in [4.78, 5) is 4.26. The molecule has 0 aliphatic heterocycles. The van der Waals surface area contributed by atoms with Crippen molar-refractivity contribution in [2.24, 2.45) is 7.05 Å². The van der Waals surface area contributed by atoms with E-state index >= 15 is 0 Å². The second-order valence-electron chi connectivity index (χ2n) is 5.35. The number of nitrogens with zero attached hydrogens (tertiary/aromatic N) is 3. The number of benzene rings is 1. The summed E-state index contributed by atoms with van der Waals surface area (Å²) in [6.45, 7) is 4.50. The standard InChI is InChI=1S/C16H18FN5/c1-9-12(10(2)22(3)21-9)8-20-16-15-11(6-7-19-16)14(18)5-4-13(15)17/h4-7H,8,18H2,1-3H3,(H,19,20). The number of fused-ring (bicyclic) bond motifs is 1. The fraction of sp³-hybridized carbons (Fsp3) is 0.250. The second-order valence-corrected chi connectivity index (χ2v) is 5.35. The van der Waals surface area contributed by atoms with E-state index in [0.717, 1.165) is 17.0 Å². The molecule has 0 bridgehead atoms. The van der Waals surface area contributed by atoms with Gasteiger partial charge < -0.3 is 11.1 Å². The lowest BCUT2D eigenvalue weighted by molar-refractivity contribution is 0.640. The van der Waals surface area contributed by atoms with Crippen LogP contribution in [0.4, 0.5) is 15.9 Å². The highest BCUT2D eigenvalue weighted by atomic mass is 19.1. The molecule has 0 radical (unpaired) electrons. The molecule has 5 nitrogen and oxygen atoms in total. The zero-order chi connectivity index (χ0) is 15.9.